The Morgan fingerprint density at radius 3 is 2.77 bits per heavy atom. The van der Waals surface area contributed by atoms with Gasteiger partial charge in [-0.25, -0.2) is 4.68 Å². The smallest absolute Gasteiger partial charge is 0.274 e. The number of aryl methyl sites for hydroxylation is 1. The van der Waals surface area contributed by atoms with Crippen molar-refractivity contribution >= 4 is 29.1 Å². The summed E-state index contributed by atoms with van der Waals surface area (Å²) in [5.41, 5.74) is 0.213. The van der Waals surface area contributed by atoms with Gasteiger partial charge in [0, 0.05) is 24.5 Å². The van der Waals surface area contributed by atoms with E-state index in [0.717, 1.165) is 38.6 Å². The van der Waals surface area contributed by atoms with E-state index in [1.165, 1.54) is 4.68 Å². The van der Waals surface area contributed by atoms with Crippen LogP contribution in [0.15, 0.2) is 29.1 Å². The van der Waals surface area contributed by atoms with E-state index < -0.39 is 0 Å². The minimum absolute atomic E-state index is 0. The van der Waals surface area contributed by atoms with Crippen LogP contribution < -0.4 is 16.2 Å². The molecule has 0 radical (unpaired) electrons. The Balaban J connectivity index is 0.00000243. The number of unbranched alkanes of at least 4 members (excludes halogenated alkanes) is 2. The van der Waals surface area contributed by atoms with Crippen LogP contribution in [0.3, 0.4) is 0 Å². The normalized spacial score (nSPS) is 16.4. The van der Waals surface area contributed by atoms with Gasteiger partial charge < -0.3 is 10.6 Å². The molecule has 1 aliphatic rings. The number of hydrogen-bond donors (Lipinski definition) is 2. The molecule has 0 spiro atoms. The van der Waals surface area contributed by atoms with Crippen LogP contribution in [-0.2, 0) is 6.54 Å². The summed E-state index contributed by atoms with van der Waals surface area (Å²) in [4.78, 5) is 25.3. The zero-order valence-electron chi connectivity index (χ0n) is 15.2. The van der Waals surface area contributed by atoms with Gasteiger partial charge >= 0.3 is 0 Å². The molecule has 1 aromatic carbocycles. The summed E-state index contributed by atoms with van der Waals surface area (Å²) >= 11 is 0. The average molecular weight is 379 g/mol. The fraction of sp³-hybridized carbons (Fsp3) is 0.526. The van der Waals surface area contributed by atoms with Gasteiger partial charge in [-0.05, 0) is 31.9 Å². The number of aromatic nitrogens is 2. The lowest BCUT2D eigenvalue weighted by molar-refractivity contribution is 0.0944. The highest BCUT2D eigenvalue weighted by atomic mass is 35.5. The maximum Gasteiger partial charge on any atom is 0.274 e. The fourth-order valence-electron chi connectivity index (χ4n) is 3.30. The SMILES string of the molecule is CCCCCn1nc(C(=O)NCC2CCCN2)c2ccccc2c1=O.Cl. The zero-order chi connectivity index (χ0) is 17.6. The topological polar surface area (TPSA) is 76.0 Å². The highest BCUT2D eigenvalue weighted by Crippen LogP contribution is 2.14. The second-order valence-electron chi connectivity index (χ2n) is 6.63. The van der Waals surface area contributed by atoms with Crippen LogP contribution in [0.5, 0.6) is 0 Å². The molecule has 2 N–H and O–H groups in total. The number of rotatable bonds is 7. The minimum Gasteiger partial charge on any atom is -0.349 e. The van der Waals surface area contributed by atoms with Crippen LogP contribution in [0, 0.1) is 0 Å². The third kappa shape index (κ3) is 4.62. The molecule has 3 rings (SSSR count). The van der Waals surface area contributed by atoms with E-state index in [0.29, 0.717) is 35.6 Å². The lowest BCUT2D eigenvalue weighted by Gasteiger charge is -2.13. The van der Waals surface area contributed by atoms with Crippen molar-refractivity contribution in [3.05, 3.63) is 40.3 Å². The van der Waals surface area contributed by atoms with Gasteiger partial charge in [-0.1, -0.05) is 38.0 Å². The largest absolute Gasteiger partial charge is 0.349 e. The second-order valence-corrected chi connectivity index (χ2v) is 6.63. The molecule has 6 nitrogen and oxygen atoms in total. The van der Waals surface area contributed by atoms with Crippen LogP contribution in [0.4, 0.5) is 0 Å². The van der Waals surface area contributed by atoms with E-state index in [1.807, 2.05) is 12.1 Å². The molecule has 1 atom stereocenters. The van der Waals surface area contributed by atoms with E-state index in [1.54, 1.807) is 12.1 Å². The van der Waals surface area contributed by atoms with Gasteiger partial charge in [0.05, 0.1) is 5.39 Å². The predicted molar refractivity (Wildman–Crippen MR) is 106 cm³/mol. The summed E-state index contributed by atoms with van der Waals surface area (Å²) in [5.74, 6) is -0.214. The Morgan fingerprint density at radius 1 is 1.31 bits per heavy atom. The van der Waals surface area contributed by atoms with Gasteiger partial charge in [0.2, 0.25) is 0 Å². The maximum atomic E-state index is 12.7. The quantitative estimate of drug-likeness (QED) is 0.726. The van der Waals surface area contributed by atoms with Crippen LogP contribution in [0.25, 0.3) is 10.8 Å². The second kappa shape index (κ2) is 9.69. The monoisotopic (exact) mass is 378 g/mol. The number of nitrogens with zero attached hydrogens (tertiary/aromatic N) is 2. The van der Waals surface area contributed by atoms with Crippen molar-refractivity contribution in [2.75, 3.05) is 13.1 Å². The van der Waals surface area contributed by atoms with Gasteiger partial charge in [-0.3, -0.25) is 9.59 Å². The third-order valence-corrected chi connectivity index (χ3v) is 4.73. The Kier molecular flexibility index (Phi) is 7.60. The number of carbonyl (C=O) groups excluding carboxylic acids is 1. The number of hydrogen-bond acceptors (Lipinski definition) is 4. The number of fused-ring (bicyclic) bond motifs is 1. The highest BCUT2D eigenvalue weighted by molar-refractivity contribution is 6.04. The van der Waals surface area contributed by atoms with Crippen molar-refractivity contribution < 1.29 is 4.79 Å². The molecule has 142 valence electrons. The molecule has 26 heavy (non-hydrogen) atoms. The van der Waals surface area contributed by atoms with Gasteiger partial charge in [0.1, 0.15) is 0 Å². The molecule has 1 unspecified atom stereocenters. The Labute approximate surface area is 159 Å². The van der Waals surface area contributed by atoms with Crippen molar-refractivity contribution in [3.63, 3.8) is 0 Å². The summed E-state index contributed by atoms with van der Waals surface area (Å²) < 4.78 is 1.45. The highest BCUT2D eigenvalue weighted by Gasteiger charge is 2.19. The van der Waals surface area contributed by atoms with E-state index in [-0.39, 0.29) is 23.9 Å². The molecule has 7 heteroatoms. The molecule has 0 bridgehead atoms. The number of benzene rings is 1. The Bertz CT molecular complexity index is 800. The molecule has 1 amide bonds. The number of halogens is 1. The molecule has 2 aromatic rings. The van der Waals surface area contributed by atoms with Crippen molar-refractivity contribution in [1.29, 1.82) is 0 Å². The van der Waals surface area contributed by atoms with E-state index >= 15 is 0 Å². The van der Waals surface area contributed by atoms with Crippen LogP contribution in [0.2, 0.25) is 0 Å². The number of amides is 1. The fourth-order valence-corrected chi connectivity index (χ4v) is 3.30. The van der Waals surface area contributed by atoms with Gasteiger partial charge in [0.15, 0.2) is 5.69 Å². The molecule has 2 heterocycles. The first kappa shape index (κ1) is 20.4. The van der Waals surface area contributed by atoms with Gasteiger partial charge in [-0.2, -0.15) is 5.10 Å². The molecule has 0 saturated carbocycles. The number of nitrogens with one attached hydrogen (secondary N) is 2. The van der Waals surface area contributed by atoms with Crippen LogP contribution >= 0.6 is 12.4 Å². The van der Waals surface area contributed by atoms with Crippen LogP contribution in [-0.4, -0.2) is 34.8 Å². The minimum atomic E-state index is -0.214. The maximum absolute atomic E-state index is 12.7. The standard InChI is InChI=1S/C19H26N4O2.ClH/c1-2-3-6-12-23-19(25)16-10-5-4-9-15(16)17(22-23)18(24)21-13-14-8-7-11-20-14;/h4-5,9-10,14,20H,2-3,6-8,11-13H2,1H3,(H,21,24);1H. The van der Waals surface area contributed by atoms with Crippen molar-refractivity contribution in [1.82, 2.24) is 20.4 Å². The zero-order valence-corrected chi connectivity index (χ0v) is 16.0. The first-order chi connectivity index (χ1) is 12.2. The molecular formula is C19H27ClN4O2. The molecular weight excluding hydrogens is 352 g/mol. The number of carbonyl (C=O) groups is 1. The summed E-state index contributed by atoms with van der Waals surface area (Å²) in [6.07, 6.45) is 5.21. The first-order valence-electron chi connectivity index (χ1n) is 9.22. The van der Waals surface area contributed by atoms with E-state index in [4.69, 9.17) is 0 Å². The summed E-state index contributed by atoms with van der Waals surface area (Å²) in [6.45, 7) is 4.25. The van der Waals surface area contributed by atoms with Crippen LogP contribution in [0.1, 0.15) is 49.5 Å². The molecule has 1 fully saturated rings. The summed E-state index contributed by atoms with van der Waals surface area (Å²) in [7, 11) is 0. The van der Waals surface area contributed by atoms with Crippen molar-refractivity contribution in [2.45, 2.75) is 51.6 Å². The van der Waals surface area contributed by atoms with Crippen molar-refractivity contribution in [3.8, 4) is 0 Å². The average Bonchev–Trinajstić information content (AvgIpc) is 3.15. The van der Waals surface area contributed by atoms with Gasteiger partial charge in [-0.15, -0.1) is 12.4 Å². The molecule has 1 saturated heterocycles. The Morgan fingerprint density at radius 2 is 2.08 bits per heavy atom. The van der Waals surface area contributed by atoms with Crippen molar-refractivity contribution in [2.24, 2.45) is 0 Å². The lowest BCUT2D eigenvalue weighted by Crippen LogP contribution is -2.38. The summed E-state index contributed by atoms with van der Waals surface area (Å²) in [5, 5.41) is 11.9. The third-order valence-electron chi connectivity index (χ3n) is 4.73. The lowest BCUT2D eigenvalue weighted by atomic mass is 10.1. The predicted octanol–water partition coefficient (Wildman–Crippen LogP) is 2.49. The molecule has 1 aliphatic heterocycles. The Hall–Kier alpha value is -1.92. The molecule has 0 aliphatic carbocycles. The van der Waals surface area contributed by atoms with E-state index in [2.05, 4.69) is 22.7 Å². The van der Waals surface area contributed by atoms with E-state index in [9.17, 15) is 9.59 Å². The molecule has 1 aromatic heterocycles. The van der Waals surface area contributed by atoms with Gasteiger partial charge in [0.25, 0.3) is 11.5 Å². The first-order valence-corrected chi connectivity index (χ1v) is 9.22. The summed E-state index contributed by atoms with van der Waals surface area (Å²) in [6, 6.07) is 7.55.